The van der Waals surface area contributed by atoms with Gasteiger partial charge < -0.3 is 9.84 Å². The Bertz CT molecular complexity index is 1220. The Morgan fingerprint density at radius 1 is 1.18 bits per heavy atom. The molecule has 28 heavy (non-hydrogen) atoms. The number of aromatic amines is 1. The Kier molecular flexibility index (Phi) is 4.41. The second kappa shape index (κ2) is 7.03. The molecule has 0 saturated heterocycles. The first-order valence-electron chi connectivity index (χ1n) is 8.61. The second-order valence-electron chi connectivity index (χ2n) is 6.35. The molecular formula is C21H17N3O4. The molecule has 0 amide bonds. The number of hydrogen-bond acceptors (Lipinski definition) is 4. The Morgan fingerprint density at radius 2 is 1.96 bits per heavy atom. The fourth-order valence-electron chi connectivity index (χ4n) is 3.14. The summed E-state index contributed by atoms with van der Waals surface area (Å²) in [5.41, 5.74) is 3.25. The maximum Gasteiger partial charge on any atom is 0.343 e. The van der Waals surface area contributed by atoms with Crippen LogP contribution in [0.2, 0.25) is 0 Å². The van der Waals surface area contributed by atoms with Crippen LogP contribution in [0.25, 0.3) is 16.8 Å². The van der Waals surface area contributed by atoms with Gasteiger partial charge in [-0.05, 0) is 35.2 Å². The molecule has 0 spiro atoms. The van der Waals surface area contributed by atoms with Crippen molar-refractivity contribution in [1.82, 2.24) is 14.6 Å². The summed E-state index contributed by atoms with van der Waals surface area (Å²) in [5, 5.41) is 11.8. The summed E-state index contributed by atoms with van der Waals surface area (Å²) < 4.78 is 6.40. The molecule has 0 aliphatic heterocycles. The molecule has 0 bridgehead atoms. The maximum absolute atomic E-state index is 12.2. The number of methoxy groups -OCH3 is 1. The molecule has 2 aromatic carbocycles. The first-order chi connectivity index (χ1) is 13.6. The van der Waals surface area contributed by atoms with Crippen LogP contribution < -0.4 is 10.3 Å². The van der Waals surface area contributed by atoms with Crippen molar-refractivity contribution < 1.29 is 14.6 Å². The summed E-state index contributed by atoms with van der Waals surface area (Å²) in [6.45, 7) is 0. The van der Waals surface area contributed by atoms with Crippen LogP contribution in [0.1, 0.15) is 21.5 Å². The number of H-pyrrole nitrogens is 1. The number of aromatic nitrogens is 3. The third-order valence-corrected chi connectivity index (χ3v) is 4.58. The fraction of sp³-hybridized carbons (Fsp3) is 0.0952. The lowest BCUT2D eigenvalue weighted by atomic mass is 10.0. The van der Waals surface area contributed by atoms with Gasteiger partial charge in [-0.25, -0.2) is 14.3 Å². The van der Waals surface area contributed by atoms with E-state index in [0.29, 0.717) is 5.65 Å². The van der Waals surface area contributed by atoms with E-state index in [1.807, 2.05) is 48.5 Å². The smallest absolute Gasteiger partial charge is 0.343 e. The monoisotopic (exact) mass is 375 g/mol. The summed E-state index contributed by atoms with van der Waals surface area (Å²) in [6.07, 6.45) is 3.51. The van der Waals surface area contributed by atoms with Crippen LogP contribution in [0.5, 0.6) is 5.75 Å². The minimum absolute atomic E-state index is 0.375. The zero-order valence-corrected chi connectivity index (χ0v) is 15.0. The minimum Gasteiger partial charge on any atom is -0.497 e. The molecule has 0 fully saturated rings. The van der Waals surface area contributed by atoms with Crippen LogP contribution in [-0.2, 0) is 6.42 Å². The maximum atomic E-state index is 12.2. The molecule has 0 saturated carbocycles. The van der Waals surface area contributed by atoms with E-state index in [2.05, 4.69) is 10.1 Å². The van der Waals surface area contributed by atoms with Crippen molar-refractivity contribution in [2.45, 2.75) is 6.42 Å². The molecule has 2 heterocycles. The number of carboxylic acids is 1. The molecule has 0 atom stereocenters. The number of ether oxygens (including phenoxy) is 1. The van der Waals surface area contributed by atoms with Crippen molar-refractivity contribution in [1.29, 1.82) is 0 Å². The number of carbonyl (C=O) groups is 1. The Morgan fingerprint density at radius 3 is 2.68 bits per heavy atom. The number of rotatable bonds is 5. The average molecular weight is 375 g/mol. The molecule has 2 aromatic heterocycles. The number of nitrogens with one attached hydrogen (secondary N) is 1. The molecule has 7 heteroatoms. The highest BCUT2D eigenvalue weighted by Crippen LogP contribution is 2.24. The van der Waals surface area contributed by atoms with E-state index in [0.717, 1.165) is 45.1 Å². The van der Waals surface area contributed by atoms with E-state index < -0.39 is 11.5 Å². The largest absolute Gasteiger partial charge is 0.497 e. The molecule has 140 valence electrons. The zero-order chi connectivity index (χ0) is 19.7. The van der Waals surface area contributed by atoms with E-state index in [1.165, 1.54) is 0 Å². The Labute approximate surface area is 159 Å². The molecule has 4 rings (SSSR count). The normalized spacial score (nSPS) is 10.9. The van der Waals surface area contributed by atoms with Gasteiger partial charge in [-0.1, -0.05) is 36.4 Å². The molecule has 0 aliphatic carbocycles. The van der Waals surface area contributed by atoms with E-state index in [4.69, 9.17) is 9.84 Å². The lowest BCUT2D eigenvalue weighted by Gasteiger charge is -2.06. The van der Waals surface area contributed by atoms with Gasteiger partial charge >= 0.3 is 5.97 Å². The molecular weight excluding hydrogens is 358 g/mol. The van der Waals surface area contributed by atoms with Crippen molar-refractivity contribution in [3.63, 3.8) is 0 Å². The van der Waals surface area contributed by atoms with Gasteiger partial charge in [0.15, 0.2) is 5.65 Å². The first kappa shape index (κ1) is 17.5. The van der Waals surface area contributed by atoms with E-state index in [1.54, 1.807) is 13.3 Å². The average Bonchev–Trinajstić information content (AvgIpc) is 3.14. The molecule has 4 aromatic rings. The number of benzene rings is 2. The molecule has 0 aliphatic rings. The first-order valence-corrected chi connectivity index (χ1v) is 8.61. The molecule has 0 radical (unpaired) electrons. The topological polar surface area (TPSA) is 96.7 Å². The summed E-state index contributed by atoms with van der Waals surface area (Å²) in [4.78, 5) is 27.5. The third kappa shape index (κ3) is 3.14. The van der Waals surface area contributed by atoms with Gasteiger partial charge in [-0.3, -0.25) is 9.89 Å². The highest BCUT2D eigenvalue weighted by molar-refractivity contribution is 5.87. The van der Waals surface area contributed by atoms with Gasteiger partial charge in [0.25, 0.3) is 5.56 Å². The van der Waals surface area contributed by atoms with Crippen molar-refractivity contribution in [3.8, 4) is 16.9 Å². The Hall–Kier alpha value is -3.87. The molecule has 2 N–H and O–H groups in total. The second-order valence-corrected chi connectivity index (χ2v) is 6.35. The zero-order valence-electron chi connectivity index (χ0n) is 15.0. The SMILES string of the molecule is COc1cccc(Cc2ccc(-c3c[nH]n4c(=O)c(C(=O)O)cnc34)cc2)c1. The van der Waals surface area contributed by atoms with Crippen LogP contribution in [-0.4, -0.2) is 32.8 Å². The van der Waals surface area contributed by atoms with Crippen LogP contribution in [0, 0.1) is 0 Å². The van der Waals surface area contributed by atoms with Gasteiger partial charge in [0.1, 0.15) is 11.3 Å². The third-order valence-electron chi connectivity index (χ3n) is 4.58. The van der Waals surface area contributed by atoms with E-state index >= 15 is 0 Å². The van der Waals surface area contributed by atoms with Crippen LogP contribution in [0.4, 0.5) is 0 Å². The number of carboxylic acid groups (broad SMARTS) is 1. The minimum atomic E-state index is -1.30. The highest BCUT2D eigenvalue weighted by Gasteiger charge is 2.15. The van der Waals surface area contributed by atoms with Crippen molar-refractivity contribution in [2.75, 3.05) is 7.11 Å². The lowest BCUT2D eigenvalue weighted by molar-refractivity contribution is 0.0694. The molecule has 0 unspecified atom stereocenters. The number of hydrogen-bond donors (Lipinski definition) is 2. The van der Waals surface area contributed by atoms with Gasteiger partial charge in [0.2, 0.25) is 0 Å². The number of nitrogens with zero attached hydrogens (tertiary/aromatic N) is 2. The predicted molar refractivity (Wildman–Crippen MR) is 104 cm³/mol. The highest BCUT2D eigenvalue weighted by atomic mass is 16.5. The van der Waals surface area contributed by atoms with Gasteiger partial charge in [0.05, 0.1) is 7.11 Å². The predicted octanol–water partition coefficient (Wildman–Crippen LogP) is 2.99. The van der Waals surface area contributed by atoms with Gasteiger partial charge in [-0.15, -0.1) is 0 Å². The quantitative estimate of drug-likeness (QED) is 0.559. The van der Waals surface area contributed by atoms with Crippen molar-refractivity contribution in [3.05, 3.63) is 88.0 Å². The van der Waals surface area contributed by atoms with Crippen molar-refractivity contribution in [2.24, 2.45) is 0 Å². The fourth-order valence-corrected chi connectivity index (χ4v) is 3.14. The van der Waals surface area contributed by atoms with Crippen molar-refractivity contribution >= 4 is 11.6 Å². The van der Waals surface area contributed by atoms with Crippen LogP contribution >= 0.6 is 0 Å². The summed E-state index contributed by atoms with van der Waals surface area (Å²) >= 11 is 0. The number of aromatic carboxylic acids is 1. The van der Waals surface area contributed by atoms with E-state index in [-0.39, 0.29) is 5.56 Å². The van der Waals surface area contributed by atoms with E-state index in [9.17, 15) is 9.59 Å². The summed E-state index contributed by atoms with van der Waals surface area (Å²) in [7, 11) is 1.65. The van der Waals surface area contributed by atoms with Crippen LogP contribution in [0.15, 0.2) is 65.7 Å². The number of fused-ring (bicyclic) bond motifs is 1. The van der Waals surface area contributed by atoms with Gasteiger partial charge in [-0.2, -0.15) is 0 Å². The lowest BCUT2D eigenvalue weighted by Crippen LogP contribution is -2.22. The summed E-state index contributed by atoms with van der Waals surface area (Å²) in [5.74, 6) is -0.477. The Balaban J connectivity index is 1.64. The standard InChI is InChI=1S/C21H17N3O4/c1-28-16-4-2-3-14(10-16)9-13-5-7-15(8-6-13)17-12-23-24-19(17)22-11-18(20(24)25)21(26)27/h2-8,10-12,23H,9H2,1H3,(H,26,27). The summed E-state index contributed by atoms with van der Waals surface area (Å²) in [6, 6.07) is 15.9. The molecule has 7 nitrogen and oxygen atoms in total. The van der Waals surface area contributed by atoms with Gasteiger partial charge in [0, 0.05) is 18.0 Å². The van der Waals surface area contributed by atoms with Crippen LogP contribution in [0.3, 0.4) is 0 Å².